The summed E-state index contributed by atoms with van der Waals surface area (Å²) in [6.45, 7) is 0.558. The average molecular weight is 316 g/mol. The predicted molar refractivity (Wildman–Crippen MR) is 84.0 cm³/mol. The van der Waals surface area contributed by atoms with Crippen molar-refractivity contribution in [2.75, 3.05) is 18.0 Å². The van der Waals surface area contributed by atoms with Crippen molar-refractivity contribution in [3.05, 3.63) is 29.8 Å². The van der Waals surface area contributed by atoms with E-state index in [4.69, 9.17) is 5.11 Å². The second-order valence-electron chi connectivity index (χ2n) is 6.12. The van der Waals surface area contributed by atoms with Gasteiger partial charge in [-0.3, -0.25) is 14.4 Å². The minimum absolute atomic E-state index is 0.0873. The van der Waals surface area contributed by atoms with E-state index in [1.165, 1.54) is 0 Å². The molecule has 0 saturated heterocycles. The number of aryl methyl sites for hydroxylation is 1. The number of hydrogen-bond donors (Lipinski definition) is 2. The Balaban J connectivity index is 1.58. The molecular weight excluding hydrogens is 296 g/mol. The maximum absolute atomic E-state index is 12.4. The van der Waals surface area contributed by atoms with E-state index in [1.54, 1.807) is 4.90 Å². The van der Waals surface area contributed by atoms with E-state index in [9.17, 15) is 14.4 Å². The second kappa shape index (κ2) is 6.40. The first-order valence-electron chi connectivity index (χ1n) is 7.96. The lowest BCUT2D eigenvalue weighted by Crippen LogP contribution is -2.48. The third kappa shape index (κ3) is 3.06. The number of hydrogen-bond acceptors (Lipinski definition) is 3. The summed E-state index contributed by atoms with van der Waals surface area (Å²) in [6, 6.07) is 7.78. The van der Waals surface area contributed by atoms with Gasteiger partial charge in [0.15, 0.2) is 0 Å². The molecule has 0 radical (unpaired) electrons. The summed E-state index contributed by atoms with van der Waals surface area (Å²) in [5.74, 6) is -2.54. The highest BCUT2D eigenvalue weighted by molar-refractivity contribution is 5.98. The number of carboxylic acids is 1. The Kier molecular flexibility index (Phi) is 4.32. The molecule has 2 N–H and O–H groups in total. The largest absolute Gasteiger partial charge is 0.481 e. The lowest BCUT2D eigenvalue weighted by atomic mass is 9.73. The predicted octanol–water partition coefficient (Wildman–Crippen LogP) is 1.19. The number of nitrogens with one attached hydrogen (secondary N) is 1. The van der Waals surface area contributed by atoms with Crippen molar-refractivity contribution in [3.8, 4) is 0 Å². The fraction of sp³-hybridized carbons (Fsp3) is 0.471. The summed E-state index contributed by atoms with van der Waals surface area (Å²) >= 11 is 0. The number of carbonyl (C=O) groups excluding carboxylic acids is 2. The highest BCUT2D eigenvalue weighted by atomic mass is 16.4. The Morgan fingerprint density at radius 3 is 2.61 bits per heavy atom. The Hall–Kier alpha value is -2.37. The second-order valence-corrected chi connectivity index (χ2v) is 6.12. The van der Waals surface area contributed by atoms with Gasteiger partial charge in [-0.1, -0.05) is 18.2 Å². The fourth-order valence-electron chi connectivity index (χ4n) is 3.29. The van der Waals surface area contributed by atoms with Gasteiger partial charge in [-0.15, -0.1) is 0 Å². The third-order valence-corrected chi connectivity index (χ3v) is 4.75. The molecule has 2 aliphatic rings. The number of para-hydroxylation sites is 1. The van der Waals surface area contributed by atoms with Crippen LogP contribution < -0.4 is 10.2 Å². The van der Waals surface area contributed by atoms with Gasteiger partial charge in [0.1, 0.15) is 0 Å². The van der Waals surface area contributed by atoms with Crippen LogP contribution in [0.1, 0.15) is 24.8 Å². The van der Waals surface area contributed by atoms with E-state index in [1.807, 2.05) is 24.3 Å². The smallest absolute Gasteiger partial charge is 0.307 e. The molecule has 1 aliphatic heterocycles. The minimum Gasteiger partial charge on any atom is -0.481 e. The lowest BCUT2D eigenvalue weighted by molar-refractivity contribution is -0.152. The Bertz CT molecular complexity index is 643. The van der Waals surface area contributed by atoms with Gasteiger partial charge in [0.25, 0.3) is 0 Å². The molecule has 2 unspecified atom stereocenters. The zero-order valence-corrected chi connectivity index (χ0v) is 12.8. The molecule has 2 atom stereocenters. The van der Waals surface area contributed by atoms with Gasteiger partial charge in [0.05, 0.1) is 18.4 Å². The van der Waals surface area contributed by atoms with Gasteiger partial charge in [-0.25, -0.2) is 0 Å². The molecule has 1 aromatic rings. The van der Waals surface area contributed by atoms with Crippen molar-refractivity contribution in [2.24, 2.45) is 11.8 Å². The van der Waals surface area contributed by atoms with Crippen LogP contribution in [0, 0.1) is 11.8 Å². The molecule has 122 valence electrons. The summed E-state index contributed by atoms with van der Waals surface area (Å²) in [5, 5.41) is 11.6. The number of benzene rings is 1. The van der Waals surface area contributed by atoms with Gasteiger partial charge in [0.2, 0.25) is 11.8 Å². The zero-order chi connectivity index (χ0) is 16.4. The molecule has 2 amide bonds. The van der Waals surface area contributed by atoms with Gasteiger partial charge >= 0.3 is 5.97 Å². The monoisotopic (exact) mass is 316 g/mol. The van der Waals surface area contributed by atoms with Gasteiger partial charge in [0, 0.05) is 12.2 Å². The van der Waals surface area contributed by atoms with Crippen LogP contribution in [0.2, 0.25) is 0 Å². The molecule has 0 aromatic heterocycles. The molecule has 0 bridgehead atoms. The number of anilines is 1. The summed E-state index contributed by atoms with van der Waals surface area (Å²) in [5.41, 5.74) is 2.05. The summed E-state index contributed by atoms with van der Waals surface area (Å²) in [6.07, 6.45) is 2.96. The van der Waals surface area contributed by atoms with Crippen molar-refractivity contribution in [3.63, 3.8) is 0 Å². The molecule has 1 aromatic carbocycles. The number of aliphatic carboxylic acids is 1. The SMILES string of the molecule is O=C(O)C1CCC1C(=O)NCC(=O)N1CCCc2ccccc21. The quantitative estimate of drug-likeness (QED) is 0.873. The standard InChI is InChI=1S/C17H20N2O4/c20-15(10-18-16(21)12-7-8-13(12)17(22)23)19-9-3-5-11-4-1-2-6-14(11)19/h1-2,4,6,12-13H,3,5,7-10H2,(H,18,21)(H,22,23). The number of carbonyl (C=O) groups is 3. The van der Waals surface area contributed by atoms with Crippen molar-refractivity contribution in [2.45, 2.75) is 25.7 Å². The van der Waals surface area contributed by atoms with Crippen LogP contribution in [0.5, 0.6) is 0 Å². The fourth-order valence-corrected chi connectivity index (χ4v) is 3.29. The van der Waals surface area contributed by atoms with Crippen LogP contribution in [-0.4, -0.2) is 36.0 Å². The molecule has 6 nitrogen and oxygen atoms in total. The Morgan fingerprint density at radius 1 is 1.17 bits per heavy atom. The molecule has 23 heavy (non-hydrogen) atoms. The summed E-state index contributed by atoms with van der Waals surface area (Å²) in [7, 11) is 0. The number of nitrogens with zero attached hydrogens (tertiary/aromatic N) is 1. The van der Waals surface area contributed by atoms with E-state index >= 15 is 0 Å². The Morgan fingerprint density at radius 2 is 1.91 bits per heavy atom. The van der Waals surface area contributed by atoms with Crippen molar-refractivity contribution < 1.29 is 19.5 Å². The maximum atomic E-state index is 12.4. The lowest BCUT2D eigenvalue weighted by Gasteiger charge is -2.33. The highest BCUT2D eigenvalue weighted by Crippen LogP contribution is 2.34. The molecule has 1 fully saturated rings. The van der Waals surface area contributed by atoms with Crippen molar-refractivity contribution >= 4 is 23.5 Å². The van der Waals surface area contributed by atoms with E-state index in [0.29, 0.717) is 19.4 Å². The number of fused-ring (bicyclic) bond motifs is 1. The first-order chi connectivity index (χ1) is 11.1. The van der Waals surface area contributed by atoms with Crippen LogP contribution in [0.25, 0.3) is 0 Å². The number of amides is 2. The van der Waals surface area contributed by atoms with E-state index in [0.717, 1.165) is 24.1 Å². The zero-order valence-electron chi connectivity index (χ0n) is 12.8. The number of rotatable bonds is 4. The van der Waals surface area contributed by atoms with E-state index < -0.39 is 17.8 Å². The topological polar surface area (TPSA) is 86.7 Å². The highest BCUT2D eigenvalue weighted by Gasteiger charge is 2.41. The van der Waals surface area contributed by atoms with E-state index in [-0.39, 0.29) is 18.4 Å². The first kappa shape index (κ1) is 15.5. The third-order valence-electron chi connectivity index (χ3n) is 4.75. The summed E-state index contributed by atoms with van der Waals surface area (Å²) < 4.78 is 0. The van der Waals surface area contributed by atoms with Crippen molar-refractivity contribution in [1.82, 2.24) is 5.32 Å². The molecule has 3 rings (SSSR count). The van der Waals surface area contributed by atoms with Crippen LogP contribution >= 0.6 is 0 Å². The molecule has 1 heterocycles. The molecule has 0 spiro atoms. The molecule has 1 saturated carbocycles. The molecule has 1 aliphatic carbocycles. The van der Waals surface area contributed by atoms with Crippen LogP contribution in [0.15, 0.2) is 24.3 Å². The maximum Gasteiger partial charge on any atom is 0.307 e. The Labute approximate surface area is 134 Å². The van der Waals surface area contributed by atoms with Gasteiger partial charge < -0.3 is 15.3 Å². The molecular formula is C17H20N2O4. The first-order valence-corrected chi connectivity index (χ1v) is 7.96. The van der Waals surface area contributed by atoms with Crippen LogP contribution in [0.3, 0.4) is 0 Å². The number of carboxylic acid groups (broad SMARTS) is 1. The van der Waals surface area contributed by atoms with Gasteiger partial charge in [-0.05, 0) is 37.3 Å². The summed E-state index contributed by atoms with van der Waals surface area (Å²) in [4.78, 5) is 37.1. The van der Waals surface area contributed by atoms with Gasteiger partial charge in [-0.2, -0.15) is 0 Å². The minimum atomic E-state index is -0.937. The molecule has 6 heteroatoms. The average Bonchev–Trinajstić information content (AvgIpc) is 2.50. The normalized spacial score (nSPS) is 22.7. The van der Waals surface area contributed by atoms with Crippen LogP contribution in [0.4, 0.5) is 5.69 Å². The van der Waals surface area contributed by atoms with E-state index in [2.05, 4.69) is 5.32 Å². The van der Waals surface area contributed by atoms with Crippen molar-refractivity contribution in [1.29, 1.82) is 0 Å². The van der Waals surface area contributed by atoms with Crippen LogP contribution in [-0.2, 0) is 20.8 Å².